The lowest BCUT2D eigenvalue weighted by molar-refractivity contribution is -0.0101. The first-order valence-corrected chi connectivity index (χ1v) is 6.50. The van der Waals surface area contributed by atoms with Crippen molar-refractivity contribution in [3.8, 4) is 11.5 Å². The van der Waals surface area contributed by atoms with E-state index < -0.39 is 6.10 Å². The topological polar surface area (TPSA) is 47.9 Å². The van der Waals surface area contributed by atoms with Crippen LogP contribution in [0.4, 0.5) is 0 Å². The van der Waals surface area contributed by atoms with Crippen molar-refractivity contribution >= 4 is 0 Å². The van der Waals surface area contributed by atoms with E-state index in [0.29, 0.717) is 19.8 Å². The molecule has 1 aromatic carbocycles. The molecule has 1 saturated heterocycles. The molecule has 0 radical (unpaired) electrons. The molecule has 2 unspecified atom stereocenters. The summed E-state index contributed by atoms with van der Waals surface area (Å²) in [5.74, 6) is 1.67. The molecule has 0 aliphatic carbocycles. The van der Waals surface area contributed by atoms with E-state index in [1.165, 1.54) is 0 Å². The lowest BCUT2D eigenvalue weighted by Crippen LogP contribution is -2.24. The van der Waals surface area contributed by atoms with E-state index in [9.17, 15) is 5.11 Å². The summed E-state index contributed by atoms with van der Waals surface area (Å²) in [5.41, 5.74) is 0.884. The first-order chi connectivity index (χ1) is 8.84. The summed E-state index contributed by atoms with van der Waals surface area (Å²) >= 11 is 0. The summed E-state index contributed by atoms with van der Waals surface area (Å²) in [5, 5.41) is 10.4. The molecule has 1 fully saturated rings. The van der Waals surface area contributed by atoms with Crippen LogP contribution < -0.4 is 9.47 Å². The third-order valence-electron chi connectivity index (χ3n) is 3.55. The summed E-state index contributed by atoms with van der Waals surface area (Å²) in [6, 6.07) is 5.66. The number of aliphatic hydroxyl groups is 1. The van der Waals surface area contributed by atoms with E-state index in [4.69, 9.17) is 14.2 Å². The van der Waals surface area contributed by atoms with Crippen LogP contribution >= 0.6 is 0 Å². The smallest absolute Gasteiger partial charge is 0.161 e. The highest BCUT2D eigenvalue weighted by Gasteiger charge is 2.25. The van der Waals surface area contributed by atoms with E-state index in [1.807, 2.05) is 18.2 Å². The molecular weight excluding hydrogens is 232 g/mol. The van der Waals surface area contributed by atoms with E-state index in [-0.39, 0.29) is 5.92 Å². The number of fused-ring (bicyclic) bond motifs is 1. The minimum atomic E-state index is -0.485. The third-order valence-corrected chi connectivity index (χ3v) is 3.55. The van der Waals surface area contributed by atoms with Crippen molar-refractivity contribution in [1.29, 1.82) is 0 Å². The monoisotopic (exact) mass is 250 g/mol. The van der Waals surface area contributed by atoms with Crippen LogP contribution in [0.3, 0.4) is 0 Å². The minimum absolute atomic E-state index is 0.182. The van der Waals surface area contributed by atoms with Gasteiger partial charge in [-0.2, -0.15) is 0 Å². The van der Waals surface area contributed by atoms with E-state index in [0.717, 1.165) is 36.5 Å². The molecule has 1 aromatic rings. The molecule has 4 nitrogen and oxygen atoms in total. The number of hydrogen-bond acceptors (Lipinski definition) is 4. The Balaban J connectivity index is 1.78. The Bertz CT molecular complexity index is 412. The molecule has 2 aliphatic heterocycles. The molecule has 0 aromatic heterocycles. The fourth-order valence-electron chi connectivity index (χ4n) is 2.53. The molecule has 0 amide bonds. The van der Waals surface area contributed by atoms with Gasteiger partial charge in [-0.1, -0.05) is 6.07 Å². The number of benzene rings is 1. The molecule has 1 N–H and O–H groups in total. The summed E-state index contributed by atoms with van der Waals surface area (Å²) in [6.07, 6.45) is 1.54. The lowest BCUT2D eigenvalue weighted by atomic mass is 9.91. The van der Waals surface area contributed by atoms with Crippen LogP contribution in [0, 0.1) is 5.92 Å². The molecule has 2 atom stereocenters. The zero-order valence-electron chi connectivity index (χ0n) is 10.3. The average Bonchev–Trinajstić information content (AvgIpc) is 2.47. The predicted octanol–water partition coefficient (Wildman–Crippen LogP) is 1.92. The van der Waals surface area contributed by atoms with Crippen LogP contribution in [0.5, 0.6) is 11.5 Å². The van der Waals surface area contributed by atoms with Gasteiger partial charge in [0.1, 0.15) is 13.2 Å². The maximum absolute atomic E-state index is 10.4. The Morgan fingerprint density at radius 1 is 1.11 bits per heavy atom. The number of rotatable bonds is 2. The van der Waals surface area contributed by atoms with Gasteiger partial charge >= 0.3 is 0 Å². The molecule has 18 heavy (non-hydrogen) atoms. The van der Waals surface area contributed by atoms with Crippen LogP contribution in [0.15, 0.2) is 18.2 Å². The molecule has 2 heterocycles. The maximum Gasteiger partial charge on any atom is 0.161 e. The summed E-state index contributed by atoms with van der Waals surface area (Å²) in [4.78, 5) is 0. The Labute approximate surface area is 106 Å². The van der Waals surface area contributed by atoms with E-state index >= 15 is 0 Å². The van der Waals surface area contributed by atoms with Gasteiger partial charge in [-0.05, 0) is 30.5 Å². The van der Waals surface area contributed by atoms with Gasteiger partial charge < -0.3 is 19.3 Å². The third kappa shape index (κ3) is 2.31. The molecule has 0 saturated carbocycles. The van der Waals surface area contributed by atoms with Crippen LogP contribution in [-0.4, -0.2) is 31.5 Å². The summed E-state index contributed by atoms with van der Waals surface area (Å²) in [7, 11) is 0. The standard InChI is InChI=1S/C14H18O4/c15-14(11-2-1-5-16-9-11)10-3-4-12-13(8-10)18-7-6-17-12/h3-4,8,11,14-15H,1-2,5-7,9H2. The maximum atomic E-state index is 10.4. The van der Waals surface area contributed by atoms with Crippen LogP contribution in [0.2, 0.25) is 0 Å². The molecule has 0 bridgehead atoms. The quantitative estimate of drug-likeness (QED) is 0.871. The van der Waals surface area contributed by atoms with Gasteiger partial charge in [0, 0.05) is 12.5 Å². The van der Waals surface area contributed by atoms with Crippen LogP contribution in [0.25, 0.3) is 0 Å². The largest absolute Gasteiger partial charge is 0.486 e. The molecule has 3 rings (SSSR count). The van der Waals surface area contributed by atoms with Gasteiger partial charge in [0.15, 0.2) is 11.5 Å². The Morgan fingerprint density at radius 2 is 1.94 bits per heavy atom. The molecule has 4 heteroatoms. The Morgan fingerprint density at radius 3 is 2.72 bits per heavy atom. The molecular formula is C14H18O4. The molecule has 98 valence electrons. The second-order valence-electron chi connectivity index (χ2n) is 4.83. The zero-order chi connectivity index (χ0) is 12.4. The van der Waals surface area contributed by atoms with Crippen LogP contribution in [0.1, 0.15) is 24.5 Å². The van der Waals surface area contributed by atoms with Gasteiger partial charge in [0.2, 0.25) is 0 Å². The van der Waals surface area contributed by atoms with Gasteiger partial charge in [0.25, 0.3) is 0 Å². The highest BCUT2D eigenvalue weighted by molar-refractivity contribution is 5.44. The highest BCUT2D eigenvalue weighted by atomic mass is 16.6. The van der Waals surface area contributed by atoms with Gasteiger partial charge in [-0.15, -0.1) is 0 Å². The summed E-state index contributed by atoms with van der Waals surface area (Å²) in [6.45, 7) is 2.60. The van der Waals surface area contributed by atoms with Gasteiger partial charge in [-0.3, -0.25) is 0 Å². The van der Waals surface area contributed by atoms with Crippen molar-refractivity contribution in [3.63, 3.8) is 0 Å². The first-order valence-electron chi connectivity index (χ1n) is 6.50. The predicted molar refractivity (Wildman–Crippen MR) is 65.9 cm³/mol. The number of aliphatic hydroxyl groups excluding tert-OH is 1. The molecule has 0 spiro atoms. The van der Waals surface area contributed by atoms with Gasteiger partial charge in [0.05, 0.1) is 12.7 Å². The first kappa shape index (κ1) is 11.8. The minimum Gasteiger partial charge on any atom is -0.486 e. The zero-order valence-corrected chi connectivity index (χ0v) is 10.3. The second-order valence-corrected chi connectivity index (χ2v) is 4.83. The highest BCUT2D eigenvalue weighted by Crippen LogP contribution is 2.36. The number of ether oxygens (including phenoxy) is 3. The second kappa shape index (κ2) is 5.16. The van der Waals surface area contributed by atoms with Crippen LogP contribution in [-0.2, 0) is 4.74 Å². The Hall–Kier alpha value is -1.26. The lowest BCUT2D eigenvalue weighted by Gasteiger charge is -2.27. The SMILES string of the molecule is OC(c1ccc2c(c1)OCCO2)C1CCCOC1. The van der Waals surface area contributed by atoms with Crippen molar-refractivity contribution in [2.24, 2.45) is 5.92 Å². The van der Waals surface area contributed by atoms with Crippen molar-refractivity contribution in [1.82, 2.24) is 0 Å². The fourth-order valence-corrected chi connectivity index (χ4v) is 2.53. The van der Waals surface area contributed by atoms with Crippen molar-refractivity contribution in [3.05, 3.63) is 23.8 Å². The van der Waals surface area contributed by atoms with Gasteiger partial charge in [-0.25, -0.2) is 0 Å². The Kier molecular flexibility index (Phi) is 3.39. The average molecular weight is 250 g/mol. The molecule has 2 aliphatic rings. The van der Waals surface area contributed by atoms with Crippen molar-refractivity contribution in [2.75, 3.05) is 26.4 Å². The fraction of sp³-hybridized carbons (Fsp3) is 0.571. The van der Waals surface area contributed by atoms with E-state index in [2.05, 4.69) is 0 Å². The van der Waals surface area contributed by atoms with Crippen molar-refractivity contribution in [2.45, 2.75) is 18.9 Å². The van der Waals surface area contributed by atoms with Crippen molar-refractivity contribution < 1.29 is 19.3 Å². The van der Waals surface area contributed by atoms with E-state index in [1.54, 1.807) is 0 Å². The summed E-state index contributed by atoms with van der Waals surface area (Å²) < 4.78 is 16.4. The normalized spacial score (nSPS) is 24.6. The number of hydrogen-bond donors (Lipinski definition) is 1.